The predicted molar refractivity (Wildman–Crippen MR) is 133 cm³/mol. The highest BCUT2D eigenvalue weighted by molar-refractivity contribution is 7.82. The molecular weight excluding hydrogens is 438 g/mol. The number of nitrogen functional groups attached to an aromatic ring is 1. The molecule has 0 bridgehead atoms. The van der Waals surface area contributed by atoms with E-state index in [9.17, 15) is 9.00 Å². The van der Waals surface area contributed by atoms with Crippen molar-refractivity contribution in [3.8, 4) is 0 Å². The van der Waals surface area contributed by atoms with Crippen molar-refractivity contribution in [1.29, 1.82) is 0 Å². The van der Waals surface area contributed by atoms with Crippen molar-refractivity contribution in [2.24, 2.45) is 11.1 Å². The molecule has 3 rings (SSSR count). The molecule has 8 nitrogen and oxygen atoms in total. The molecule has 33 heavy (non-hydrogen) atoms. The number of para-hydroxylation sites is 1. The molecule has 0 heterocycles. The number of hydrogen-bond acceptors (Lipinski definition) is 6. The van der Waals surface area contributed by atoms with Gasteiger partial charge in [0, 0.05) is 23.3 Å². The van der Waals surface area contributed by atoms with Gasteiger partial charge in [0.15, 0.2) is 0 Å². The van der Waals surface area contributed by atoms with E-state index < -0.39 is 16.9 Å². The molecule has 9 heteroatoms. The maximum absolute atomic E-state index is 13.0. The molecule has 0 radical (unpaired) electrons. The highest BCUT2D eigenvalue weighted by Gasteiger charge is 2.39. The largest absolute Gasteiger partial charge is 0.485 e. The molecule has 1 amide bonds. The average molecular weight is 472 g/mol. The summed E-state index contributed by atoms with van der Waals surface area (Å²) in [5.74, 6) is 0.158. The number of ether oxygens (including phenoxy) is 1. The third kappa shape index (κ3) is 7.50. The molecule has 0 spiro atoms. The normalized spacial score (nSPS) is 15.8. The van der Waals surface area contributed by atoms with Crippen molar-refractivity contribution in [3.63, 3.8) is 0 Å². The Morgan fingerprint density at radius 3 is 2.55 bits per heavy atom. The monoisotopic (exact) mass is 471 g/mol. The summed E-state index contributed by atoms with van der Waals surface area (Å²) < 4.78 is 21.5. The Morgan fingerprint density at radius 2 is 1.91 bits per heavy atom. The number of rotatable bonds is 12. The van der Waals surface area contributed by atoms with Crippen LogP contribution in [0.4, 0.5) is 11.4 Å². The summed E-state index contributed by atoms with van der Waals surface area (Å²) in [4.78, 5) is 14.8. The van der Waals surface area contributed by atoms with Gasteiger partial charge >= 0.3 is 0 Å². The van der Waals surface area contributed by atoms with E-state index in [1.54, 1.807) is 29.2 Å². The molecule has 0 aromatic heterocycles. The van der Waals surface area contributed by atoms with E-state index in [1.807, 2.05) is 37.3 Å². The van der Waals surface area contributed by atoms with Gasteiger partial charge < -0.3 is 26.4 Å². The Bertz CT molecular complexity index is 1010. The molecule has 1 aliphatic carbocycles. The van der Waals surface area contributed by atoms with Crippen LogP contribution in [0.2, 0.25) is 0 Å². The fourth-order valence-corrected chi connectivity index (χ4v) is 4.00. The summed E-state index contributed by atoms with van der Waals surface area (Å²) in [6, 6.07) is 16.4. The number of hydrogen-bond donors (Lipinski definition) is 4. The Balaban J connectivity index is 1.69. The summed E-state index contributed by atoms with van der Waals surface area (Å²) in [5, 5.41) is 2.84. The lowest BCUT2D eigenvalue weighted by molar-refractivity contribution is -0.116. The molecule has 1 saturated carbocycles. The van der Waals surface area contributed by atoms with E-state index in [4.69, 9.17) is 16.2 Å². The van der Waals surface area contributed by atoms with Gasteiger partial charge in [-0.2, -0.15) is 0 Å². The first-order valence-corrected chi connectivity index (χ1v) is 12.3. The van der Waals surface area contributed by atoms with Gasteiger partial charge in [-0.15, -0.1) is 0 Å². The van der Waals surface area contributed by atoms with Crippen LogP contribution in [0.5, 0.6) is 0 Å². The standard InChI is InChI=1S/C24H33N5O3S/c1-3-29(17-27-33(31)15-18-8-7-9-19(25)14-18)22(26)21(32-16-24(2)12-13-24)23(30)28-20-10-5-4-6-11-20/h4-11,14,27H,3,12-13,15-17,25-26H2,1-2H3,(H,28,30). The van der Waals surface area contributed by atoms with Crippen LogP contribution in [0.25, 0.3) is 0 Å². The van der Waals surface area contributed by atoms with Crippen LogP contribution < -0.4 is 21.5 Å². The SMILES string of the molecule is CCN(CNS(=O)Cc1cccc(N)c1)C(N)=C(OCC1(C)CC1)C(=O)Nc1ccccc1. The van der Waals surface area contributed by atoms with Gasteiger partial charge in [-0.3, -0.25) is 4.79 Å². The topological polar surface area (TPSA) is 123 Å². The molecule has 178 valence electrons. The second kappa shape index (κ2) is 11.2. The number of anilines is 2. The van der Waals surface area contributed by atoms with Crippen LogP contribution >= 0.6 is 0 Å². The van der Waals surface area contributed by atoms with Crippen molar-refractivity contribution in [1.82, 2.24) is 9.62 Å². The molecule has 2 aromatic rings. The number of nitrogens with two attached hydrogens (primary N) is 2. The fourth-order valence-electron chi connectivity index (χ4n) is 3.12. The maximum atomic E-state index is 13.0. The van der Waals surface area contributed by atoms with Crippen molar-refractivity contribution >= 4 is 28.3 Å². The van der Waals surface area contributed by atoms with E-state index in [0.29, 0.717) is 30.3 Å². The number of carbonyl (C=O) groups excluding carboxylic acids is 1. The lowest BCUT2D eigenvalue weighted by Gasteiger charge is -2.26. The van der Waals surface area contributed by atoms with Crippen LogP contribution in [0.15, 0.2) is 66.2 Å². The molecule has 6 N–H and O–H groups in total. The number of amides is 1. The zero-order valence-corrected chi connectivity index (χ0v) is 20.0. The number of benzene rings is 2. The molecule has 0 saturated heterocycles. The Labute approximate surface area is 197 Å². The highest BCUT2D eigenvalue weighted by Crippen LogP contribution is 2.45. The highest BCUT2D eigenvalue weighted by atomic mass is 32.2. The molecule has 1 unspecified atom stereocenters. The lowest BCUT2D eigenvalue weighted by Crippen LogP contribution is -2.40. The van der Waals surface area contributed by atoms with Crippen molar-refractivity contribution < 1.29 is 13.7 Å². The second-order valence-corrected chi connectivity index (χ2v) is 9.80. The summed E-state index contributed by atoms with van der Waals surface area (Å²) >= 11 is 0. The van der Waals surface area contributed by atoms with Gasteiger partial charge in [0.05, 0.1) is 30.0 Å². The number of carbonyl (C=O) groups is 1. The fraction of sp³-hybridized carbons (Fsp3) is 0.375. The first-order valence-electron chi connectivity index (χ1n) is 11.0. The molecule has 2 aromatic carbocycles. The Hall–Kier alpha value is -3.04. The summed E-state index contributed by atoms with van der Waals surface area (Å²) in [6.45, 7) is 5.13. The molecule has 1 atom stereocenters. The minimum atomic E-state index is -1.35. The van der Waals surface area contributed by atoms with Crippen molar-refractivity contribution in [3.05, 3.63) is 71.7 Å². The van der Waals surface area contributed by atoms with Crippen LogP contribution in [-0.2, 0) is 26.3 Å². The van der Waals surface area contributed by atoms with Gasteiger partial charge in [0.2, 0.25) is 5.76 Å². The van der Waals surface area contributed by atoms with E-state index in [2.05, 4.69) is 17.0 Å². The summed E-state index contributed by atoms with van der Waals surface area (Å²) in [6.07, 6.45) is 2.12. The van der Waals surface area contributed by atoms with E-state index in [-0.39, 0.29) is 23.7 Å². The van der Waals surface area contributed by atoms with Crippen molar-refractivity contribution in [2.45, 2.75) is 32.4 Å². The Morgan fingerprint density at radius 1 is 1.18 bits per heavy atom. The molecule has 1 fully saturated rings. The third-order valence-corrected chi connectivity index (χ3v) is 6.57. The molecular formula is C24H33N5O3S. The van der Waals surface area contributed by atoms with Gasteiger partial charge in [-0.05, 0) is 49.6 Å². The zero-order valence-electron chi connectivity index (χ0n) is 19.2. The zero-order chi connectivity index (χ0) is 23.8. The Kier molecular flexibility index (Phi) is 8.35. The van der Waals surface area contributed by atoms with Gasteiger partial charge in [-0.25, -0.2) is 8.93 Å². The smallest absolute Gasteiger partial charge is 0.294 e. The van der Waals surface area contributed by atoms with Gasteiger partial charge in [-0.1, -0.05) is 37.3 Å². The summed E-state index contributed by atoms with van der Waals surface area (Å²) in [5.41, 5.74) is 14.4. The average Bonchev–Trinajstić information content (AvgIpc) is 3.52. The quantitative estimate of drug-likeness (QED) is 0.163. The van der Waals surface area contributed by atoms with Crippen molar-refractivity contribution in [2.75, 3.05) is 30.9 Å². The predicted octanol–water partition coefficient (Wildman–Crippen LogP) is 2.88. The summed E-state index contributed by atoms with van der Waals surface area (Å²) in [7, 11) is -1.35. The van der Waals surface area contributed by atoms with E-state index >= 15 is 0 Å². The van der Waals surface area contributed by atoms with Gasteiger partial charge in [0.25, 0.3) is 5.91 Å². The van der Waals surface area contributed by atoms with Crippen LogP contribution in [0.1, 0.15) is 32.3 Å². The number of nitrogens with one attached hydrogen (secondary N) is 2. The second-order valence-electron chi connectivity index (χ2n) is 8.53. The van der Waals surface area contributed by atoms with Crippen LogP contribution in [-0.4, -0.2) is 34.8 Å². The van der Waals surface area contributed by atoms with Gasteiger partial charge in [0.1, 0.15) is 5.82 Å². The molecule has 1 aliphatic rings. The van der Waals surface area contributed by atoms with E-state index in [1.165, 1.54) is 0 Å². The van der Waals surface area contributed by atoms with E-state index in [0.717, 1.165) is 18.4 Å². The lowest BCUT2D eigenvalue weighted by atomic mass is 10.2. The number of nitrogens with zero attached hydrogens (tertiary/aromatic N) is 1. The first-order chi connectivity index (χ1) is 15.8. The maximum Gasteiger partial charge on any atom is 0.294 e. The minimum absolute atomic E-state index is 0.0669. The third-order valence-electron chi connectivity index (χ3n) is 5.53. The molecule has 0 aliphatic heterocycles. The van der Waals surface area contributed by atoms with Crippen LogP contribution in [0.3, 0.4) is 0 Å². The minimum Gasteiger partial charge on any atom is -0.485 e. The van der Waals surface area contributed by atoms with Crippen LogP contribution in [0, 0.1) is 5.41 Å². The first kappa shape index (κ1) is 24.6.